The Morgan fingerprint density at radius 1 is 1.52 bits per heavy atom. The maximum Gasteiger partial charge on any atom is 0.123 e. The fourth-order valence-electron chi connectivity index (χ4n) is 3.69. The van der Waals surface area contributed by atoms with E-state index in [1.54, 1.807) is 13.2 Å². The number of rotatable bonds is 5. The molecule has 1 aromatic rings. The van der Waals surface area contributed by atoms with Crippen molar-refractivity contribution in [1.82, 2.24) is 5.43 Å². The van der Waals surface area contributed by atoms with Gasteiger partial charge in [0.25, 0.3) is 0 Å². The number of hydrogen-bond donors (Lipinski definition) is 2. The van der Waals surface area contributed by atoms with Crippen molar-refractivity contribution in [2.45, 2.75) is 57.6 Å². The Kier molecular flexibility index (Phi) is 5.36. The van der Waals surface area contributed by atoms with Crippen molar-refractivity contribution in [2.24, 2.45) is 11.8 Å². The summed E-state index contributed by atoms with van der Waals surface area (Å²) in [5.41, 5.74) is 4.81. The summed E-state index contributed by atoms with van der Waals surface area (Å²) in [6.45, 7) is 4.21. The molecule has 0 radical (unpaired) electrons. The van der Waals surface area contributed by atoms with Crippen LogP contribution in [0.25, 0.3) is 0 Å². The van der Waals surface area contributed by atoms with E-state index in [1.165, 1.54) is 12.5 Å². The van der Waals surface area contributed by atoms with E-state index in [4.69, 9.17) is 10.6 Å². The molecule has 0 saturated heterocycles. The van der Waals surface area contributed by atoms with Crippen LogP contribution < -0.4 is 11.3 Å². The number of ether oxygens (including phenoxy) is 1. The molecule has 1 aliphatic rings. The molecule has 2 rings (SSSR count). The first kappa shape index (κ1) is 16.4. The van der Waals surface area contributed by atoms with E-state index < -0.39 is 0 Å². The SMILES string of the molecule is COC1(C(Cc2ccc(F)cc2C)NN)CCCC(C)C1. The maximum absolute atomic E-state index is 13.2. The van der Waals surface area contributed by atoms with Gasteiger partial charge >= 0.3 is 0 Å². The third-order valence-corrected chi connectivity index (χ3v) is 4.96. The largest absolute Gasteiger partial charge is 0.377 e. The minimum atomic E-state index is -0.229. The fraction of sp³-hybridized carbons (Fsp3) is 0.647. The minimum Gasteiger partial charge on any atom is -0.377 e. The quantitative estimate of drug-likeness (QED) is 0.648. The van der Waals surface area contributed by atoms with E-state index in [2.05, 4.69) is 12.3 Å². The zero-order valence-corrected chi connectivity index (χ0v) is 13.3. The molecule has 1 saturated carbocycles. The summed E-state index contributed by atoms with van der Waals surface area (Å²) in [6, 6.07) is 4.98. The van der Waals surface area contributed by atoms with Crippen molar-refractivity contribution in [3.63, 3.8) is 0 Å². The third-order valence-electron chi connectivity index (χ3n) is 4.96. The van der Waals surface area contributed by atoms with Crippen LogP contribution in [0.5, 0.6) is 0 Å². The smallest absolute Gasteiger partial charge is 0.123 e. The van der Waals surface area contributed by atoms with Gasteiger partial charge in [0.2, 0.25) is 0 Å². The van der Waals surface area contributed by atoms with Gasteiger partial charge in [-0.2, -0.15) is 0 Å². The number of aryl methyl sites for hydroxylation is 1. The van der Waals surface area contributed by atoms with Gasteiger partial charge in [0.05, 0.1) is 11.6 Å². The Labute approximate surface area is 127 Å². The van der Waals surface area contributed by atoms with E-state index in [1.807, 2.05) is 13.0 Å². The molecule has 3 nitrogen and oxygen atoms in total. The normalized spacial score (nSPS) is 27.6. The summed E-state index contributed by atoms with van der Waals surface area (Å²) in [7, 11) is 1.78. The van der Waals surface area contributed by atoms with E-state index in [9.17, 15) is 4.39 Å². The molecule has 21 heavy (non-hydrogen) atoms. The number of nitrogens with two attached hydrogens (primary N) is 1. The molecule has 1 fully saturated rings. The van der Waals surface area contributed by atoms with Gasteiger partial charge in [-0.25, -0.2) is 4.39 Å². The highest BCUT2D eigenvalue weighted by molar-refractivity contribution is 5.28. The highest BCUT2D eigenvalue weighted by atomic mass is 19.1. The molecule has 0 aliphatic heterocycles. The fourth-order valence-corrected chi connectivity index (χ4v) is 3.69. The van der Waals surface area contributed by atoms with Gasteiger partial charge in [0.1, 0.15) is 5.82 Å². The average molecular weight is 294 g/mol. The van der Waals surface area contributed by atoms with Crippen LogP contribution in [0.4, 0.5) is 4.39 Å². The zero-order chi connectivity index (χ0) is 15.5. The first-order valence-electron chi connectivity index (χ1n) is 7.77. The summed E-state index contributed by atoms with van der Waals surface area (Å²) < 4.78 is 19.2. The number of hydrogen-bond acceptors (Lipinski definition) is 3. The standard InChI is InChI=1S/C17H27FN2O/c1-12-5-4-8-17(11-12,21-3)16(20-19)10-14-6-7-15(18)9-13(14)2/h6-7,9,12,16,20H,4-5,8,10-11,19H2,1-3H3. The van der Waals surface area contributed by atoms with Crippen LogP contribution in [0.2, 0.25) is 0 Å². The molecular formula is C17H27FN2O. The van der Waals surface area contributed by atoms with Crippen LogP contribution in [-0.2, 0) is 11.2 Å². The van der Waals surface area contributed by atoms with Crippen LogP contribution in [0, 0.1) is 18.7 Å². The number of methoxy groups -OCH3 is 1. The van der Waals surface area contributed by atoms with Crippen molar-refractivity contribution in [2.75, 3.05) is 7.11 Å². The number of hydrazine groups is 1. The van der Waals surface area contributed by atoms with Crippen molar-refractivity contribution >= 4 is 0 Å². The summed E-state index contributed by atoms with van der Waals surface area (Å²) in [6.07, 6.45) is 5.19. The van der Waals surface area contributed by atoms with Crippen molar-refractivity contribution < 1.29 is 9.13 Å². The highest BCUT2D eigenvalue weighted by Crippen LogP contribution is 2.38. The van der Waals surface area contributed by atoms with Crippen LogP contribution >= 0.6 is 0 Å². The average Bonchev–Trinajstić information content (AvgIpc) is 2.46. The summed E-state index contributed by atoms with van der Waals surface area (Å²) in [4.78, 5) is 0. The number of benzene rings is 1. The lowest BCUT2D eigenvalue weighted by molar-refractivity contribution is -0.0791. The minimum absolute atomic E-state index is 0.0365. The predicted molar refractivity (Wildman–Crippen MR) is 83.3 cm³/mol. The molecule has 0 heterocycles. The molecule has 0 aromatic heterocycles. The first-order chi connectivity index (χ1) is 10.0. The van der Waals surface area contributed by atoms with E-state index in [-0.39, 0.29) is 17.5 Å². The Hall–Kier alpha value is -0.970. The molecule has 3 atom stereocenters. The topological polar surface area (TPSA) is 47.3 Å². The molecule has 0 amide bonds. The Bertz CT molecular complexity index is 480. The third kappa shape index (κ3) is 3.62. The van der Waals surface area contributed by atoms with Crippen LogP contribution in [0.15, 0.2) is 18.2 Å². The first-order valence-corrected chi connectivity index (χ1v) is 7.77. The summed E-state index contributed by atoms with van der Waals surface area (Å²) in [5.74, 6) is 6.28. The monoisotopic (exact) mass is 294 g/mol. The lowest BCUT2D eigenvalue weighted by atomic mass is 9.73. The number of halogens is 1. The Morgan fingerprint density at radius 3 is 2.86 bits per heavy atom. The predicted octanol–water partition coefficient (Wildman–Crippen LogP) is 3.10. The summed E-state index contributed by atoms with van der Waals surface area (Å²) in [5, 5.41) is 0. The van der Waals surface area contributed by atoms with Gasteiger partial charge < -0.3 is 4.74 Å². The van der Waals surface area contributed by atoms with Gasteiger partial charge in [0, 0.05) is 7.11 Å². The highest BCUT2D eigenvalue weighted by Gasteiger charge is 2.41. The molecule has 0 bridgehead atoms. The van der Waals surface area contributed by atoms with Crippen molar-refractivity contribution in [3.05, 3.63) is 35.1 Å². The second kappa shape index (κ2) is 6.86. The van der Waals surface area contributed by atoms with Crippen LogP contribution in [0.3, 0.4) is 0 Å². The van der Waals surface area contributed by atoms with E-state index >= 15 is 0 Å². The van der Waals surface area contributed by atoms with E-state index in [0.29, 0.717) is 5.92 Å². The number of nitrogens with one attached hydrogen (secondary N) is 1. The Morgan fingerprint density at radius 2 is 2.29 bits per heavy atom. The maximum atomic E-state index is 13.2. The molecule has 4 heteroatoms. The molecule has 1 aliphatic carbocycles. The van der Waals surface area contributed by atoms with Crippen molar-refractivity contribution in [3.8, 4) is 0 Å². The van der Waals surface area contributed by atoms with Crippen LogP contribution in [-0.4, -0.2) is 18.8 Å². The lowest BCUT2D eigenvalue weighted by Gasteiger charge is -2.44. The Balaban J connectivity index is 2.21. The van der Waals surface area contributed by atoms with Crippen molar-refractivity contribution in [1.29, 1.82) is 0 Å². The van der Waals surface area contributed by atoms with Gasteiger partial charge in [0.15, 0.2) is 0 Å². The van der Waals surface area contributed by atoms with Gasteiger partial charge in [-0.15, -0.1) is 0 Å². The second-order valence-corrected chi connectivity index (χ2v) is 6.46. The second-order valence-electron chi connectivity index (χ2n) is 6.46. The molecule has 3 N–H and O–H groups in total. The molecule has 118 valence electrons. The van der Waals surface area contributed by atoms with Gasteiger partial charge in [-0.1, -0.05) is 25.8 Å². The van der Waals surface area contributed by atoms with Gasteiger partial charge in [-0.3, -0.25) is 11.3 Å². The molecule has 0 spiro atoms. The summed E-state index contributed by atoms with van der Waals surface area (Å²) >= 11 is 0. The lowest BCUT2D eigenvalue weighted by Crippen LogP contribution is -2.57. The van der Waals surface area contributed by atoms with E-state index in [0.717, 1.165) is 36.8 Å². The zero-order valence-electron chi connectivity index (χ0n) is 13.3. The van der Waals surface area contributed by atoms with Gasteiger partial charge in [-0.05, 0) is 55.4 Å². The van der Waals surface area contributed by atoms with Crippen LogP contribution in [0.1, 0.15) is 43.7 Å². The molecule has 3 unspecified atom stereocenters. The molecule has 1 aromatic carbocycles. The molecular weight excluding hydrogens is 267 g/mol.